The minimum Gasteiger partial charge on any atom is -0.481 e. The molecule has 0 spiro atoms. The smallest absolute Gasteiger partial charge is 0.306 e. The topological polar surface area (TPSA) is 221 Å². The summed E-state index contributed by atoms with van der Waals surface area (Å²) in [4.78, 5) is 76.5. The van der Waals surface area contributed by atoms with Crippen molar-refractivity contribution in [1.29, 1.82) is 0 Å². The number of carboxylic acid groups (broad SMARTS) is 1. The average molecular weight is 967 g/mol. The van der Waals surface area contributed by atoms with Gasteiger partial charge >= 0.3 is 11.9 Å². The molecule has 374 valence electrons. The Morgan fingerprint density at radius 2 is 1.17 bits per heavy atom. The van der Waals surface area contributed by atoms with Gasteiger partial charge in [0.25, 0.3) is 0 Å². The number of hydrogen-bond acceptors (Lipinski definition) is 14. The summed E-state index contributed by atoms with van der Waals surface area (Å²) in [7, 11) is 0. The van der Waals surface area contributed by atoms with Crippen molar-refractivity contribution in [3.8, 4) is 0 Å². The molecule has 7 heterocycles. The fraction of sp³-hybridized carbons (Fsp3) is 0.481. The van der Waals surface area contributed by atoms with E-state index in [1.54, 1.807) is 0 Å². The highest BCUT2D eigenvalue weighted by Crippen LogP contribution is 2.34. The summed E-state index contributed by atoms with van der Waals surface area (Å²) in [6.45, 7) is 7.87. The van der Waals surface area contributed by atoms with E-state index in [4.69, 9.17) is 24.5 Å². The number of Topliss-reactive ketones (excluding diaryl/α,β-unsaturated/α-hetero) is 2. The van der Waals surface area contributed by atoms with Gasteiger partial charge in [0, 0.05) is 102 Å². The van der Waals surface area contributed by atoms with Crippen LogP contribution in [0, 0.1) is 11.8 Å². The summed E-state index contributed by atoms with van der Waals surface area (Å²) in [6.07, 6.45) is 16.4. The summed E-state index contributed by atoms with van der Waals surface area (Å²) >= 11 is 0. The number of anilines is 6. The second kappa shape index (κ2) is 23.4. The van der Waals surface area contributed by atoms with Crippen molar-refractivity contribution in [1.82, 2.24) is 29.9 Å². The van der Waals surface area contributed by atoms with Crippen LogP contribution in [-0.4, -0.2) is 105 Å². The van der Waals surface area contributed by atoms with Gasteiger partial charge in [0.2, 0.25) is 11.9 Å². The van der Waals surface area contributed by atoms with Gasteiger partial charge in [-0.25, -0.2) is 0 Å². The van der Waals surface area contributed by atoms with E-state index in [9.17, 15) is 19.2 Å². The number of fused-ring (bicyclic) bond motifs is 4. The molecule has 5 aliphatic rings. The van der Waals surface area contributed by atoms with Gasteiger partial charge in [-0.3, -0.25) is 19.2 Å². The monoisotopic (exact) mass is 967 g/mol. The normalized spacial score (nSPS) is 17.2. The van der Waals surface area contributed by atoms with Crippen LogP contribution in [0.1, 0.15) is 106 Å². The molecular weight excluding hydrogens is 901 g/mol. The lowest BCUT2D eigenvalue weighted by Crippen LogP contribution is -2.35. The number of piperidine rings is 2. The highest BCUT2D eigenvalue weighted by molar-refractivity contribution is 5.90. The molecule has 3 saturated heterocycles. The van der Waals surface area contributed by atoms with Gasteiger partial charge in [-0.1, -0.05) is 25.5 Å². The van der Waals surface area contributed by atoms with Crippen LogP contribution in [0.2, 0.25) is 0 Å². The number of ether oxygens (including phenoxy) is 2. The zero-order valence-corrected chi connectivity index (χ0v) is 40.8. The standard InChI is InChI=1S/C27H33N5O3.C23H25N5O3.C4H8O/c1-2-3-14-35-24(34)15-18-9-12-32(13-10-18)26-23-8-11-28-25(23)30-27(31-26)29-21-6-4-20-17-22(33)7-5-19(20)16-21;29-18-4-2-15-12-17(3-1-16(15)13-18)25-23-26-21-19(5-8-24-21)22(27-23)28-9-6-14(7-10-28)11-20(30)31;1-2-4-5-3-1/h4,6,8,11,16,18H,2-3,5,7,9-10,12-15,17H2,1H3,(H2,28,29,30,31);1,3,5,8,12,14H,2,4,6-7,9-11,13H2,(H,30,31)(H2,24,25,26,27);1-4H2. The number of carbonyl (C=O) groups is 4. The van der Waals surface area contributed by atoms with Crippen LogP contribution in [0.5, 0.6) is 0 Å². The van der Waals surface area contributed by atoms with Crippen LogP contribution in [0.25, 0.3) is 22.1 Å². The summed E-state index contributed by atoms with van der Waals surface area (Å²) in [5, 5.41) is 17.7. The predicted octanol–water partition coefficient (Wildman–Crippen LogP) is 8.96. The molecular formula is C54H66N10O7. The third kappa shape index (κ3) is 12.9. The molecule has 0 radical (unpaired) electrons. The first kappa shape index (κ1) is 49.1. The molecule has 0 amide bonds. The first-order valence-electron chi connectivity index (χ1n) is 25.6. The van der Waals surface area contributed by atoms with Crippen molar-refractivity contribution in [3.63, 3.8) is 0 Å². The molecule has 2 aliphatic carbocycles. The Morgan fingerprint density at radius 3 is 1.62 bits per heavy atom. The minimum absolute atomic E-state index is 0.0761. The number of aromatic amines is 2. The second-order valence-electron chi connectivity index (χ2n) is 19.4. The fourth-order valence-electron chi connectivity index (χ4n) is 10.1. The van der Waals surface area contributed by atoms with Crippen LogP contribution in [0.15, 0.2) is 60.9 Å². The number of aromatic nitrogens is 6. The molecule has 0 saturated carbocycles. The first-order valence-corrected chi connectivity index (χ1v) is 25.6. The number of benzene rings is 2. The van der Waals surface area contributed by atoms with Crippen LogP contribution in [0.3, 0.4) is 0 Å². The van der Waals surface area contributed by atoms with Crippen LogP contribution in [0.4, 0.5) is 34.9 Å². The summed E-state index contributed by atoms with van der Waals surface area (Å²) in [5.41, 5.74) is 8.03. The highest BCUT2D eigenvalue weighted by atomic mass is 16.5. The van der Waals surface area contributed by atoms with Crippen molar-refractivity contribution < 1.29 is 33.8 Å². The van der Waals surface area contributed by atoms with Gasteiger partial charge < -0.3 is 45.0 Å². The van der Waals surface area contributed by atoms with Gasteiger partial charge in [-0.15, -0.1) is 0 Å². The summed E-state index contributed by atoms with van der Waals surface area (Å²) < 4.78 is 10.3. The van der Waals surface area contributed by atoms with Gasteiger partial charge in [0.05, 0.1) is 17.4 Å². The Labute approximate surface area is 413 Å². The average Bonchev–Trinajstić information content (AvgIpc) is 4.20. The van der Waals surface area contributed by atoms with E-state index in [2.05, 4.69) is 59.4 Å². The molecule has 17 nitrogen and oxygen atoms in total. The molecule has 11 rings (SSSR count). The van der Waals surface area contributed by atoms with Crippen LogP contribution < -0.4 is 20.4 Å². The lowest BCUT2D eigenvalue weighted by atomic mass is 9.90. The zero-order chi connectivity index (χ0) is 49.1. The molecule has 3 fully saturated rings. The number of nitrogens with one attached hydrogen (secondary N) is 4. The number of esters is 1. The summed E-state index contributed by atoms with van der Waals surface area (Å²) in [5.74, 6) is 3.21. The molecule has 3 aliphatic heterocycles. The Bertz CT molecular complexity index is 2810. The molecule has 4 aromatic heterocycles. The summed E-state index contributed by atoms with van der Waals surface area (Å²) in [6, 6.07) is 16.2. The predicted molar refractivity (Wildman–Crippen MR) is 274 cm³/mol. The largest absolute Gasteiger partial charge is 0.481 e. The molecule has 71 heavy (non-hydrogen) atoms. The molecule has 17 heteroatoms. The van der Waals surface area contributed by atoms with Crippen LogP contribution >= 0.6 is 0 Å². The number of rotatable bonds is 13. The molecule has 0 atom stereocenters. The van der Waals surface area contributed by atoms with Crippen molar-refractivity contribution in [2.75, 3.05) is 66.4 Å². The van der Waals surface area contributed by atoms with Crippen LogP contribution in [-0.2, 0) is 54.3 Å². The van der Waals surface area contributed by atoms with E-state index in [0.717, 1.165) is 147 Å². The fourth-order valence-corrected chi connectivity index (χ4v) is 10.1. The number of H-pyrrole nitrogens is 2. The number of carbonyl (C=O) groups excluding carboxylic acids is 3. The Balaban J connectivity index is 0.000000161. The second-order valence-corrected chi connectivity index (χ2v) is 19.4. The molecule has 6 aromatic rings. The lowest BCUT2D eigenvalue weighted by Gasteiger charge is -2.33. The molecule has 2 aromatic carbocycles. The van der Waals surface area contributed by atoms with Gasteiger partial charge in [-0.2, -0.15) is 19.9 Å². The maximum absolute atomic E-state index is 12.1. The van der Waals surface area contributed by atoms with E-state index in [1.807, 2.05) is 48.8 Å². The van der Waals surface area contributed by atoms with E-state index in [-0.39, 0.29) is 18.3 Å². The van der Waals surface area contributed by atoms with E-state index in [1.165, 1.54) is 24.0 Å². The Hall–Kier alpha value is -6.88. The SMILES string of the molecule is C1CCOC1.CCCCOC(=O)CC1CCN(c2nc(Nc3ccc4c(c3)CCC(=O)C4)nc3[nH]ccc23)CC1.O=C(O)CC1CCN(c2nc(Nc3ccc4c(c3)CCC(=O)C4)nc3[nH]ccc23)CC1. The van der Waals surface area contributed by atoms with Crippen molar-refractivity contribution in [2.24, 2.45) is 11.8 Å². The number of carboxylic acids is 1. The van der Waals surface area contributed by atoms with E-state index in [0.29, 0.717) is 68.1 Å². The molecule has 0 bridgehead atoms. The van der Waals surface area contributed by atoms with Gasteiger partial charge in [0.1, 0.15) is 34.5 Å². The highest BCUT2D eigenvalue weighted by Gasteiger charge is 2.27. The minimum atomic E-state index is -0.727. The number of ketones is 2. The molecule has 0 unspecified atom stereocenters. The Morgan fingerprint density at radius 1 is 0.676 bits per heavy atom. The first-order chi connectivity index (χ1) is 34.6. The number of unbranched alkanes of at least 4 members (excludes halogenated alkanes) is 1. The number of hydrogen-bond donors (Lipinski definition) is 5. The number of nitrogens with zero attached hydrogens (tertiary/aromatic N) is 6. The third-order valence-electron chi connectivity index (χ3n) is 14.2. The van der Waals surface area contributed by atoms with Gasteiger partial charge in [0.15, 0.2) is 0 Å². The van der Waals surface area contributed by atoms with Gasteiger partial charge in [-0.05, 0) is 128 Å². The Kier molecular flexibility index (Phi) is 16.2. The quantitative estimate of drug-likeness (QED) is 0.0539. The van der Waals surface area contributed by atoms with Crippen molar-refractivity contribution in [3.05, 3.63) is 83.2 Å². The maximum atomic E-state index is 12.1. The van der Waals surface area contributed by atoms with E-state index < -0.39 is 5.97 Å². The van der Waals surface area contributed by atoms with E-state index >= 15 is 0 Å². The zero-order valence-electron chi connectivity index (χ0n) is 40.8. The van der Waals surface area contributed by atoms with Crippen molar-refractivity contribution in [2.45, 2.75) is 110 Å². The van der Waals surface area contributed by atoms with Crippen molar-refractivity contribution >= 4 is 80.5 Å². The maximum Gasteiger partial charge on any atom is 0.306 e. The number of aliphatic carboxylic acids is 1. The lowest BCUT2D eigenvalue weighted by molar-refractivity contribution is -0.145. The number of aryl methyl sites for hydroxylation is 2. The molecule has 5 N–H and O–H groups in total. The third-order valence-corrected chi connectivity index (χ3v) is 14.2.